The smallest absolute Gasteiger partial charge is 0.534 e. The number of nitrogens with one attached hydrogen (secondary N) is 1. The lowest BCUT2D eigenvalue weighted by Crippen LogP contribution is -2.54. The molecule has 3 rings (SSSR count). The van der Waals surface area contributed by atoms with Gasteiger partial charge in [-0.25, -0.2) is 4.98 Å². The first-order valence-corrected chi connectivity index (χ1v) is 8.48. The number of carbonyl (C=O) groups is 1. The van der Waals surface area contributed by atoms with Gasteiger partial charge in [-0.15, -0.1) is 0 Å². The van der Waals surface area contributed by atoms with Crippen LogP contribution in [0.1, 0.15) is 16.8 Å². The number of benzene rings is 1. The molecule has 1 aliphatic heterocycles. The largest absolute Gasteiger partial charge is 0.547 e. The lowest BCUT2D eigenvalue weighted by molar-refractivity contribution is -0.115. The molecule has 1 aliphatic rings. The van der Waals surface area contributed by atoms with Crippen molar-refractivity contribution in [3.05, 3.63) is 39.4 Å². The Labute approximate surface area is 152 Å². The van der Waals surface area contributed by atoms with Crippen LogP contribution in [0, 0.1) is 6.92 Å². The van der Waals surface area contributed by atoms with Gasteiger partial charge in [0.15, 0.2) is 10.8 Å². The number of aromatic nitrogens is 1. The normalized spacial score (nSPS) is 17.0. The van der Waals surface area contributed by atoms with Crippen molar-refractivity contribution in [2.24, 2.45) is 5.16 Å². The number of hydrogen-bond acceptors (Lipinski definition) is 8. The van der Waals surface area contributed by atoms with E-state index in [0.717, 1.165) is 22.5 Å². The summed E-state index contributed by atoms with van der Waals surface area (Å²) < 4.78 is 5.63. The van der Waals surface area contributed by atoms with Crippen LogP contribution >= 0.6 is 22.9 Å². The van der Waals surface area contributed by atoms with Gasteiger partial charge < -0.3 is 25.9 Å². The Balaban J connectivity index is 1.80. The van der Waals surface area contributed by atoms with E-state index in [4.69, 9.17) is 22.0 Å². The Bertz CT molecular complexity index is 859. The summed E-state index contributed by atoms with van der Waals surface area (Å²) in [7, 11) is -1.24. The molecule has 0 radical (unpaired) electrons. The maximum absolute atomic E-state index is 12.4. The number of nitrogens with zero attached hydrogens (tertiary/aromatic N) is 2. The molecule has 2 aromatic rings. The number of fused-ring (bicyclic) bond motifs is 1. The summed E-state index contributed by atoms with van der Waals surface area (Å²) in [4.78, 5) is 16.3. The van der Waals surface area contributed by atoms with Crippen LogP contribution in [0.15, 0.2) is 23.4 Å². The zero-order valence-corrected chi connectivity index (χ0v) is 14.6. The Morgan fingerprint density at radius 1 is 1.60 bits per heavy atom. The van der Waals surface area contributed by atoms with Gasteiger partial charge in [-0.1, -0.05) is 46.3 Å². The average molecular weight is 381 g/mol. The highest BCUT2D eigenvalue weighted by Gasteiger charge is 2.37. The number of thiazole rings is 1. The number of nitrogens with two attached hydrogens (primary N) is 1. The highest BCUT2D eigenvalue weighted by atomic mass is 35.5. The Kier molecular flexibility index (Phi) is 4.84. The summed E-state index contributed by atoms with van der Waals surface area (Å²) in [5.74, 6) is -0.876. The van der Waals surface area contributed by atoms with Gasteiger partial charge in [0.05, 0.1) is 5.94 Å². The van der Waals surface area contributed by atoms with Crippen molar-refractivity contribution in [1.29, 1.82) is 0 Å². The Morgan fingerprint density at radius 2 is 2.36 bits per heavy atom. The lowest BCUT2D eigenvalue weighted by Gasteiger charge is -2.29. The first-order valence-electron chi connectivity index (χ1n) is 7.29. The second-order valence-corrected chi connectivity index (χ2v) is 7.11. The minimum atomic E-state index is -1.24. The fraction of sp³-hybridized carbons (Fsp3) is 0.214. The van der Waals surface area contributed by atoms with E-state index >= 15 is 0 Å². The number of anilines is 1. The molecule has 1 amide bonds. The van der Waals surface area contributed by atoms with Gasteiger partial charge in [0.25, 0.3) is 5.91 Å². The van der Waals surface area contributed by atoms with Gasteiger partial charge in [-0.05, 0) is 24.5 Å². The maximum Gasteiger partial charge on any atom is 0.547 e. The van der Waals surface area contributed by atoms with Crippen molar-refractivity contribution in [3.8, 4) is 5.75 Å². The molecule has 0 fully saturated rings. The molecule has 11 heteroatoms. The maximum atomic E-state index is 12.4. The Hall–Kier alpha value is -2.30. The number of halogens is 1. The topological polar surface area (TPSA) is 130 Å². The number of aryl methyl sites for hydroxylation is 1. The molecule has 0 spiro atoms. The van der Waals surface area contributed by atoms with Gasteiger partial charge >= 0.3 is 7.12 Å². The summed E-state index contributed by atoms with van der Waals surface area (Å²) in [5, 5.41) is 25.0. The van der Waals surface area contributed by atoms with Crippen molar-refractivity contribution in [2.75, 3.05) is 5.73 Å². The molecule has 130 valence electrons. The molecule has 1 aromatic carbocycles. The molecule has 5 N–H and O–H groups in total. The number of carbonyl (C=O) groups excluding carboxylic acids is 1. The zero-order valence-electron chi connectivity index (χ0n) is 13.1. The Morgan fingerprint density at radius 3 is 3.00 bits per heavy atom. The van der Waals surface area contributed by atoms with Gasteiger partial charge in [0.1, 0.15) is 15.8 Å². The van der Waals surface area contributed by atoms with Crippen LogP contribution in [0.3, 0.4) is 0 Å². The quantitative estimate of drug-likeness (QED) is 0.272. The van der Waals surface area contributed by atoms with Crippen LogP contribution in [-0.4, -0.2) is 39.9 Å². The highest BCUT2D eigenvalue weighted by molar-refractivity contribution is 7.19. The van der Waals surface area contributed by atoms with Crippen molar-refractivity contribution in [2.45, 2.75) is 19.3 Å². The predicted molar refractivity (Wildman–Crippen MR) is 95.3 cm³/mol. The van der Waals surface area contributed by atoms with E-state index < -0.39 is 19.0 Å². The summed E-state index contributed by atoms with van der Waals surface area (Å²) in [5.41, 5.74) is 6.88. The molecule has 0 saturated heterocycles. The highest BCUT2D eigenvalue weighted by Crippen LogP contribution is 2.30. The van der Waals surface area contributed by atoms with E-state index in [9.17, 15) is 15.0 Å². The summed E-state index contributed by atoms with van der Waals surface area (Å²) >= 11 is 6.90. The molecule has 0 unspecified atom stereocenters. The van der Waals surface area contributed by atoms with Crippen molar-refractivity contribution < 1.29 is 19.7 Å². The van der Waals surface area contributed by atoms with Gasteiger partial charge in [0.2, 0.25) is 0 Å². The van der Waals surface area contributed by atoms with Gasteiger partial charge in [-0.3, -0.25) is 4.79 Å². The zero-order chi connectivity index (χ0) is 18.1. The van der Waals surface area contributed by atoms with E-state index in [-0.39, 0.29) is 20.9 Å². The average Bonchev–Trinajstić information content (AvgIpc) is 2.88. The number of nitrogen functional groups attached to an aromatic ring is 1. The van der Waals surface area contributed by atoms with E-state index in [0.29, 0.717) is 12.2 Å². The van der Waals surface area contributed by atoms with Gasteiger partial charge in [-0.2, -0.15) is 0 Å². The second-order valence-electron chi connectivity index (χ2n) is 5.48. The third-order valence-corrected chi connectivity index (χ3v) is 4.86. The number of rotatable bonds is 3. The predicted octanol–water partition coefficient (Wildman–Crippen LogP) is 1.01. The van der Waals surface area contributed by atoms with Crippen LogP contribution in [-0.2, 0) is 11.2 Å². The molecular formula is C14H14BClN4O4S. The van der Waals surface area contributed by atoms with Crippen LogP contribution in [0.25, 0.3) is 0 Å². The van der Waals surface area contributed by atoms with Crippen LogP contribution < -0.4 is 15.7 Å². The molecular weight excluding hydrogens is 367 g/mol. The minimum absolute atomic E-state index is 0.0216. The first-order chi connectivity index (χ1) is 11.9. The van der Waals surface area contributed by atoms with E-state index in [2.05, 4.69) is 15.5 Å². The molecule has 0 aliphatic carbocycles. The van der Waals surface area contributed by atoms with E-state index in [1.54, 1.807) is 0 Å². The fourth-order valence-corrected chi connectivity index (χ4v) is 3.53. The lowest BCUT2D eigenvalue weighted by atomic mass is 9.72. The summed E-state index contributed by atoms with van der Waals surface area (Å²) in [6.07, 6.45) is 0.357. The first kappa shape index (κ1) is 17.5. The standard InChI is InChI=1S/C14H14BClN4O4S/c1-6-3-2-4-7-5-8(15(22)24-11(6)7)18-13(21)10(20-23)9-12(16)25-14(17)19-9/h2-4,8,22-23H,5H2,1H3,(H2,17,19)(H,18,21)/b20-10-/t8-/m0/s1. The molecule has 2 heterocycles. The third-order valence-electron chi connectivity index (χ3n) is 3.77. The van der Waals surface area contributed by atoms with Crippen LogP contribution in [0.4, 0.5) is 5.13 Å². The van der Waals surface area contributed by atoms with E-state index in [1.165, 1.54) is 0 Å². The second kappa shape index (κ2) is 6.91. The monoisotopic (exact) mass is 380 g/mol. The molecule has 8 nitrogen and oxygen atoms in total. The third kappa shape index (κ3) is 3.41. The van der Waals surface area contributed by atoms with Crippen molar-refractivity contribution in [3.63, 3.8) is 0 Å². The number of hydrogen-bond donors (Lipinski definition) is 4. The molecule has 1 aromatic heterocycles. The summed E-state index contributed by atoms with van der Waals surface area (Å²) in [6.45, 7) is 1.87. The number of para-hydroxylation sites is 1. The molecule has 0 saturated carbocycles. The van der Waals surface area contributed by atoms with Crippen LogP contribution in [0.2, 0.25) is 4.34 Å². The minimum Gasteiger partial charge on any atom is -0.534 e. The summed E-state index contributed by atoms with van der Waals surface area (Å²) in [6, 6.07) is 5.59. The fourth-order valence-electron chi connectivity index (χ4n) is 2.61. The van der Waals surface area contributed by atoms with Crippen molar-refractivity contribution >= 4 is 46.8 Å². The SMILES string of the molecule is Cc1cccc2c1OB(O)[C@@H](NC(=O)/C(=N\O)c1nc(N)sc1Cl)C2. The number of oxime groups is 1. The molecule has 1 atom stereocenters. The van der Waals surface area contributed by atoms with Gasteiger partial charge in [0, 0.05) is 0 Å². The van der Waals surface area contributed by atoms with E-state index in [1.807, 2.05) is 25.1 Å². The van der Waals surface area contributed by atoms with Crippen LogP contribution in [0.5, 0.6) is 5.75 Å². The van der Waals surface area contributed by atoms with Crippen molar-refractivity contribution in [1.82, 2.24) is 10.3 Å². The number of amides is 1. The molecule has 0 bridgehead atoms. The molecule has 25 heavy (non-hydrogen) atoms.